The Morgan fingerprint density at radius 1 is 1.50 bits per heavy atom. The minimum Gasteiger partial charge on any atom is -0.508 e. The molecule has 2 nitrogen and oxygen atoms in total. The van der Waals surface area contributed by atoms with Gasteiger partial charge in [0.05, 0.1) is 6.10 Å². The summed E-state index contributed by atoms with van der Waals surface area (Å²) in [7, 11) is 0. The van der Waals surface area contributed by atoms with Crippen LogP contribution in [-0.2, 0) is 6.42 Å². The van der Waals surface area contributed by atoms with E-state index in [0.717, 1.165) is 10.0 Å². The van der Waals surface area contributed by atoms with Gasteiger partial charge >= 0.3 is 0 Å². The van der Waals surface area contributed by atoms with E-state index < -0.39 is 6.10 Å². The molecule has 0 amide bonds. The lowest BCUT2D eigenvalue weighted by Crippen LogP contribution is -2.03. The summed E-state index contributed by atoms with van der Waals surface area (Å²) >= 11 is 3.33. The van der Waals surface area contributed by atoms with E-state index in [9.17, 15) is 10.2 Å². The maximum Gasteiger partial charge on any atom is 0.118 e. The van der Waals surface area contributed by atoms with Crippen molar-refractivity contribution in [1.29, 1.82) is 0 Å². The second-order valence-corrected chi connectivity index (χ2v) is 4.03. The van der Waals surface area contributed by atoms with Crippen LogP contribution in [-0.4, -0.2) is 16.3 Å². The SMILES string of the molecule is C=CC(O)CCc1cc(Br)ccc1O. The third-order valence-electron chi connectivity index (χ3n) is 2.02. The predicted octanol–water partition coefficient (Wildman–Crippen LogP) is 2.63. The van der Waals surface area contributed by atoms with Crippen molar-refractivity contribution >= 4 is 15.9 Å². The van der Waals surface area contributed by atoms with Crippen molar-refractivity contribution in [3.63, 3.8) is 0 Å². The molecule has 0 fully saturated rings. The van der Waals surface area contributed by atoms with Crippen molar-refractivity contribution in [2.24, 2.45) is 0 Å². The summed E-state index contributed by atoms with van der Waals surface area (Å²) in [5.41, 5.74) is 0.834. The van der Waals surface area contributed by atoms with Gasteiger partial charge in [-0.3, -0.25) is 0 Å². The maximum absolute atomic E-state index is 9.49. The summed E-state index contributed by atoms with van der Waals surface area (Å²) < 4.78 is 0.929. The summed E-state index contributed by atoms with van der Waals surface area (Å²) in [6.07, 6.45) is 2.20. The fourth-order valence-electron chi connectivity index (χ4n) is 1.18. The zero-order valence-electron chi connectivity index (χ0n) is 7.78. The first kappa shape index (κ1) is 11.3. The molecule has 76 valence electrons. The van der Waals surface area contributed by atoms with E-state index in [1.165, 1.54) is 6.08 Å². The highest BCUT2D eigenvalue weighted by molar-refractivity contribution is 9.10. The van der Waals surface area contributed by atoms with Crippen LogP contribution < -0.4 is 0 Å². The summed E-state index contributed by atoms with van der Waals surface area (Å²) in [6.45, 7) is 3.49. The lowest BCUT2D eigenvalue weighted by molar-refractivity contribution is 0.213. The zero-order valence-corrected chi connectivity index (χ0v) is 9.37. The van der Waals surface area contributed by atoms with E-state index in [2.05, 4.69) is 22.5 Å². The van der Waals surface area contributed by atoms with Gasteiger partial charge in [0, 0.05) is 4.47 Å². The van der Waals surface area contributed by atoms with E-state index >= 15 is 0 Å². The number of hydrogen-bond donors (Lipinski definition) is 2. The molecular formula is C11H13BrO2. The Morgan fingerprint density at radius 3 is 2.86 bits per heavy atom. The minimum absolute atomic E-state index is 0.268. The molecular weight excluding hydrogens is 244 g/mol. The molecule has 1 aromatic carbocycles. The Balaban J connectivity index is 2.66. The molecule has 0 aliphatic carbocycles. The number of aromatic hydroxyl groups is 1. The van der Waals surface area contributed by atoms with E-state index in [0.29, 0.717) is 12.8 Å². The van der Waals surface area contributed by atoms with Crippen LogP contribution in [0.3, 0.4) is 0 Å². The number of hydrogen-bond acceptors (Lipinski definition) is 2. The number of phenolic OH excluding ortho intramolecular Hbond substituents is 1. The van der Waals surface area contributed by atoms with Crippen molar-refractivity contribution in [2.75, 3.05) is 0 Å². The van der Waals surface area contributed by atoms with Gasteiger partial charge in [0.2, 0.25) is 0 Å². The third-order valence-corrected chi connectivity index (χ3v) is 2.52. The van der Waals surface area contributed by atoms with Crippen LogP contribution in [0.2, 0.25) is 0 Å². The number of halogens is 1. The number of rotatable bonds is 4. The van der Waals surface area contributed by atoms with Crippen LogP contribution in [0.25, 0.3) is 0 Å². The standard InChI is InChI=1S/C11H13BrO2/c1-2-10(13)5-3-8-7-9(12)4-6-11(8)14/h2,4,6-7,10,13-14H,1,3,5H2. The highest BCUT2D eigenvalue weighted by Gasteiger charge is 2.04. The van der Waals surface area contributed by atoms with Crippen molar-refractivity contribution in [3.05, 3.63) is 40.9 Å². The molecule has 0 saturated carbocycles. The van der Waals surface area contributed by atoms with Crippen LogP contribution in [0.5, 0.6) is 5.75 Å². The molecule has 0 saturated heterocycles. The third kappa shape index (κ3) is 3.16. The minimum atomic E-state index is -0.506. The molecule has 14 heavy (non-hydrogen) atoms. The van der Waals surface area contributed by atoms with E-state index in [-0.39, 0.29) is 5.75 Å². The summed E-state index contributed by atoms with van der Waals surface area (Å²) in [6, 6.07) is 5.27. The van der Waals surface area contributed by atoms with Crippen LogP contribution in [0.4, 0.5) is 0 Å². The largest absolute Gasteiger partial charge is 0.508 e. The molecule has 1 aromatic rings. The summed E-state index contributed by atoms with van der Waals surface area (Å²) in [5.74, 6) is 0.268. The molecule has 2 N–H and O–H groups in total. The Kier molecular flexibility index (Phi) is 4.17. The van der Waals surface area contributed by atoms with Gasteiger partial charge in [-0.15, -0.1) is 6.58 Å². The lowest BCUT2D eigenvalue weighted by Gasteiger charge is -2.07. The Bertz CT molecular complexity index is 323. The molecule has 0 aliphatic rings. The number of benzene rings is 1. The summed E-state index contributed by atoms with van der Waals surface area (Å²) in [5, 5.41) is 18.8. The Morgan fingerprint density at radius 2 is 2.21 bits per heavy atom. The molecule has 0 radical (unpaired) electrons. The molecule has 1 atom stereocenters. The smallest absolute Gasteiger partial charge is 0.118 e. The summed E-state index contributed by atoms with van der Waals surface area (Å²) in [4.78, 5) is 0. The number of phenols is 1. The van der Waals surface area contributed by atoms with Crippen molar-refractivity contribution < 1.29 is 10.2 Å². The van der Waals surface area contributed by atoms with Crippen LogP contribution >= 0.6 is 15.9 Å². The second kappa shape index (κ2) is 5.17. The fourth-order valence-corrected chi connectivity index (χ4v) is 1.58. The van der Waals surface area contributed by atoms with Gasteiger partial charge in [-0.2, -0.15) is 0 Å². The van der Waals surface area contributed by atoms with E-state index in [1.54, 1.807) is 12.1 Å². The first-order valence-electron chi connectivity index (χ1n) is 4.41. The highest BCUT2D eigenvalue weighted by Crippen LogP contribution is 2.23. The van der Waals surface area contributed by atoms with Gasteiger partial charge < -0.3 is 10.2 Å². The van der Waals surface area contributed by atoms with E-state index in [4.69, 9.17) is 0 Å². The molecule has 3 heteroatoms. The van der Waals surface area contributed by atoms with Gasteiger partial charge in [0.25, 0.3) is 0 Å². The maximum atomic E-state index is 9.49. The first-order chi connectivity index (χ1) is 6.63. The molecule has 0 heterocycles. The normalized spacial score (nSPS) is 12.4. The molecule has 1 unspecified atom stereocenters. The van der Waals surface area contributed by atoms with Crippen LogP contribution in [0.15, 0.2) is 35.3 Å². The predicted molar refractivity (Wildman–Crippen MR) is 60.3 cm³/mol. The average molecular weight is 257 g/mol. The monoisotopic (exact) mass is 256 g/mol. The van der Waals surface area contributed by atoms with Crippen LogP contribution in [0, 0.1) is 0 Å². The van der Waals surface area contributed by atoms with Crippen molar-refractivity contribution in [1.82, 2.24) is 0 Å². The molecule has 0 spiro atoms. The molecule has 1 rings (SSSR count). The van der Waals surface area contributed by atoms with Gasteiger partial charge in [-0.25, -0.2) is 0 Å². The fraction of sp³-hybridized carbons (Fsp3) is 0.273. The van der Waals surface area contributed by atoms with Gasteiger partial charge in [-0.1, -0.05) is 22.0 Å². The van der Waals surface area contributed by atoms with Gasteiger partial charge in [-0.05, 0) is 36.6 Å². The molecule has 0 aliphatic heterocycles. The Hall–Kier alpha value is -0.800. The van der Waals surface area contributed by atoms with Gasteiger partial charge in [0.1, 0.15) is 5.75 Å². The van der Waals surface area contributed by atoms with Crippen molar-refractivity contribution in [3.8, 4) is 5.75 Å². The number of aliphatic hydroxyl groups is 1. The van der Waals surface area contributed by atoms with Gasteiger partial charge in [0.15, 0.2) is 0 Å². The topological polar surface area (TPSA) is 40.5 Å². The number of aryl methyl sites for hydroxylation is 1. The highest BCUT2D eigenvalue weighted by atomic mass is 79.9. The number of aliphatic hydroxyl groups excluding tert-OH is 1. The molecule has 0 aromatic heterocycles. The Labute approximate surface area is 92.0 Å². The van der Waals surface area contributed by atoms with Crippen LogP contribution in [0.1, 0.15) is 12.0 Å². The zero-order chi connectivity index (χ0) is 10.6. The lowest BCUT2D eigenvalue weighted by atomic mass is 10.1. The quantitative estimate of drug-likeness (QED) is 0.814. The average Bonchev–Trinajstić information content (AvgIpc) is 2.19. The first-order valence-corrected chi connectivity index (χ1v) is 5.21. The molecule has 0 bridgehead atoms. The van der Waals surface area contributed by atoms with E-state index in [1.807, 2.05) is 6.07 Å². The van der Waals surface area contributed by atoms with Crippen molar-refractivity contribution in [2.45, 2.75) is 18.9 Å². The second-order valence-electron chi connectivity index (χ2n) is 3.11.